The van der Waals surface area contributed by atoms with Crippen LogP contribution in [0.25, 0.3) is 0 Å². The Kier molecular flexibility index (Phi) is 5.11. The Bertz CT molecular complexity index is 436. The van der Waals surface area contributed by atoms with E-state index in [1.54, 1.807) is 0 Å². The lowest BCUT2D eigenvalue weighted by atomic mass is 9.99. The van der Waals surface area contributed by atoms with Gasteiger partial charge in [-0.25, -0.2) is 0 Å². The summed E-state index contributed by atoms with van der Waals surface area (Å²) >= 11 is 0. The predicted octanol–water partition coefficient (Wildman–Crippen LogP) is 2.64. The topological polar surface area (TPSA) is 38.3 Å². The van der Waals surface area contributed by atoms with Crippen LogP contribution in [0.5, 0.6) is 0 Å². The fourth-order valence-corrected chi connectivity index (χ4v) is 2.47. The average molecular weight is 261 g/mol. The number of ether oxygens (including phenoxy) is 1. The quantitative estimate of drug-likeness (QED) is 0.828. The van der Waals surface area contributed by atoms with Crippen molar-refractivity contribution in [2.45, 2.75) is 39.2 Å². The van der Waals surface area contributed by atoms with Crippen LogP contribution in [0, 0.1) is 13.8 Å². The van der Waals surface area contributed by atoms with Gasteiger partial charge in [-0.05, 0) is 50.9 Å². The van der Waals surface area contributed by atoms with Crippen molar-refractivity contribution in [3.8, 4) is 0 Å². The van der Waals surface area contributed by atoms with E-state index < -0.39 is 0 Å². The number of Topliss-reactive ketones (excluding diaryl/α,β-unsaturated/α-hetero) is 1. The molecule has 0 saturated carbocycles. The maximum atomic E-state index is 12.2. The van der Waals surface area contributed by atoms with Gasteiger partial charge < -0.3 is 10.1 Å². The molecule has 1 N–H and O–H groups in total. The molecule has 1 fully saturated rings. The molecule has 0 aliphatic carbocycles. The van der Waals surface area contributed by atoms with Gasteiger partial charge in [0.1, 0.15) is 0 Å². The lowest BCUT2D eigenvalue weighted by Crippen LogP contribution is -2.32. The van der Waals surface area contributed by atoms with Gasteiger partial charge >= 0.3 is 0 Å². The fraction of sp³-hybridized carbons (Fsp3) is 0.562. The molecule has 1 aliphatic heterocycles. The van der Waals surface area contributed by atoms with E-state index in [2.05, 4.69) is 5.32 Å². The van der Waals surface area contributed by atoms with Gasteiger partial charge in [0, 0.05) is 12.0 Å². The summed E-state index contributed by atoms with van der Waals surface area (Å²) < 4.78 is 5.78. The molecule has 19 heavy (non-hydrogen) atoms. The highest BCUT2D eigenvalue weighted by Gasteiger charge is 2.15. The van der Waals surface area contributed by atoms with Crippen molar-refractivity contribution in [3.63, 3.8) is 0 Å². The van der Waals surface area contributed by atoms with E-state index in [9.17, 15) is 4.79 Å². The molecule has 0 bridgehead atoms. The Morgan fingerprint density at radius 1 is 1.32 bits per heavy atom. The minimum absolute atomic E-state index is 0.190. The molecule has 0 radical (unpaired) electrons. The molecule has 1 heterocycles. The van der Waals surface area contributed by atoms with Crippen molar-refractivity contribution in [3.05, 3.63) is 34.9 Å². The van der Waals surface area contributed by atoms with Crippen LogP contribution in [0.2, 0.25) is 0 Å². The summed E-state index contributed by atoms with van der Waals surface area (Å²) in [7, 11) is 0. The summed E-state index contributed by atoms with van der Waals surface area (Å²) in [5.74, 6) is 0.190. The number of piperidine rings is 1. The van der Waals surface area contributed by atoms with E-state index in [-0.39, 0.29) is 5.78 Å². The lowest BCUT2D eigenvalue weighted by Gasteiger charge is -2.22. The minimum atomic E-state index is 0.190. The monoisotopic (exact) mass is 261 g/mol. The SMILES string of the molecule is Cc1cccc(C(=O)CCOC2CCNCC2)c1C. The number of carbonyl (C=O) groups excluding carboxylic acids is 1. The number of ketones is 1. The Morgan fingerprint density at radius 2 is 2.05 bits per heavy atom. The molecule has 0 aromatic heterocycles. The highest BCUT2D eigenvalue weighted by atomic mass is 16.5. The number of aryl methyl sites for hydroxylation is 1. The second-order valence-corrected chi connectivity index (χ2v) is 5.24. The standard InChI is InChI=1S/C16H23NO2/c1-12-4-3-5-15(13(12)2)16(18)8-11-19-14-6-9-17-10-7-14/h3-5,14,17H,6-11H2,1-2H3. The van der Waals surface area contributed by atoms with Crippen LogP contribution in [0.15, 0.2) is 18.2 Å². The van der Waals surface area contributed by atoms with Crippen molar-refractivity contribution in [2.75, 3.05) is 19.7 Å². The van der Waals surface area contributed by atoms with Gasteiger partial charge in [-0.3, -0.25) is 4.79 Å². The summed E-state index contributed by atoms with van der Waals surface area (Å²) in [5.41, 5.74) is 3.11. The molecule has 0 unspecified atom stereocenters. The summed E-state index contributed by atoms with van der Waals surface area (Å²) in [6.45, 7) is 6.63. The number of benzene rings is 1. The molecule has 3 heteroatoms. The largest absolute Gasteiger partial charge is 0.378 e. The number of hydrogen-bond donors (Lipinski definition) is 1. The molecular formula is C16H23NO2. The van der Waals surface area contributed by atoms with Gasteiger partial charge in [-0.2, -0.15) is 0 Å². The molecule has 1 aromatic rings. The molecule has 1 aliphatic rings. The number of carbonyl (C=O) groups is 1. The second kappa shape index (κ2) is 6.83. The van der Waals surface area contributed by atoms with E-state index in [1.165, 1.54) is 5.56 Å². The van der Waals surface area contributed by atoms with Crippen LogP contribution < -0.4 is 5.32 Å². The summed E-state index contributed by atoms with van der Waals surface area (Å²) in [5, 5.41) is 3.31. The Labute approximate surface area is 115 Å². The zero-order valence-electron chi connectivity index (χ0n) is 11.9. The molecule has 2 rings (SSSR count). The van der Waals surface area contributed by atoms with E-state index in [0.717, 1.165) is 37.1 Å². The molecule has 0 atom stereocenters. The Balaban J connectivity index is 1.82. The first-order valence-electron chi connectivity index (χ1n) is 7.10. The van der Waals surface area contributed by atoms with Crippen LogP contribution in [0.3, 0.4) is 0 Å². The van der Waals surface area contributed by atoms with Gasteiger partial charge in [0.05, 0.1) is 12.7 Å². The van der Waals surface area contributed by atoms with Crippen molar-refractivity contribution in [1.29, 1.82) is 0 Å². The normalized spacial score (nSPS) is 16.5. The maximum absolute atomic E-state index is 12.2. The first-order chi connectivity index (χ1) is 9.18. The van der Waals surface area contributed by atoms with E-state index in [4.69, 9.17) is 4.74 Å². The first-order valence-corrected chi connectivity index (χ1v) is 7.10. The van der Waals surface area contributed by atoms with Crippen LogP contribution in [0.1, 0.15) is 40.7 Å². The van der Waals surface area contributed by atoms with Gasteiger partial charge in [0.25, 0.3) is 0 Å². The Morgan fingerprint density at radius 3 is 2.79 bits per heavy atom. The van der Waals surface area contributed by atoms with Crippen LogP contribution in [0.4, 0.5) is 0 Å². The van der Waals surface area contributed by atoms with Crippen molar-refractivity contribution in [1.82, 2.24) is 5.32 Å². The third-order valence-electron chi connectivity index (χ3n) is 3.87. The molecule has 1 saturated heterocycles. The first kappa shape index (κ1) is 14.2. The van der Waals surface area contributed by atoms with Crippen molar-refractivity contribution in [2.24, 2.45) is 0 Å². The smallest absolute Gasteiger partial charge is 0.165 e. The fourth-order valence-electron chi connectivity index (χ4n) is 2.47. The van der Waals surface area contributed by atoms with Crippen LogP contribution >= 0.6 is 0 Å². The molecule has 0 amide bonds. The summed E-state index contributed by atoms with van der Waals surface area (Å²) in [4.78, 5) is 12.2. The van der Waals surface area contributed by atoms with Gasteiger partial charge in [0.15, 0.2) is 5.78 Å². The zero-order valence-corrected chi connectivity index (χ0v) is 11.9. The van der Waals surface area contributed by atoms with Crippen LogP contribution in [-0.2, 0) is 4.74 Å². The highest BCUT2D eigenvalue weighted by molar-refractivity contribution is 5.97. The summed E-state index contributed by atoms with van der Waals surface area (Å²) in [6, 6.07) is 5.90. The maximum Gasteiger partial charge on any atom is 0.165 e. The van der Waals surface area contributed by atoms with Gasteiger partial charge in [-0.1, -0.05) is 18.2 Å². The van der Waals surface area contributed by atoms with E-state index >= 15 is 0 Å². The Hall–Kier alpha value is -1.19. The molecule has 1 aromatic carbocycles. The minimum Gasteiger partial charge on any atom is -0.378 e. The van der Waals surface area contributed by atoms with Crippen molar-refractivity contribution >= 4 is 5.78 Å². The van der Waals surface area contributed by atoms with Gasteiger partial charge in [-0.15, -0.1) is 0 Å². The van der Waals surface area contributed by atoms with Crippen molar-refractivity contribution < 1.29 is 9.53 Å². The second-order valence-electron chi connectivity index (χ2n) is 5.24. The lowest BCUT2D eigenvalue weighted by molar-refractivity contribution is 0.0313. The number of rotatable bonds is 5. The zero-order chi connectivity index (χ0) is 13.7. The number of nitrogens with one attached hydrogen (secondary N) is 1. The average Bonchev–Trinajstić information content (AvgIpc) is 2.43. The van der Waals surface area contributed by atoms with Gasteiger partial charge in [0.2, 0.25) is 0 Å². The third-order valence-corrected chi connectivity index (χ3v) is 3.87. The predicted molar refractivity (Wildman–Crippen MR) is 76.7 cm³/mol. The molecule has 104 valence electrons. The third kappa shape index (κ3) is 3.88. The molecule has 3 nitrogen and oxygen atoms in total. The van der Waals surface area contributed by atoms with E-state index in [1.807, 2.05) is 32.0 Å². The summed E-state index contributed by atoms with van der Waals surface area (Å²) in [6.07, 6.45) is 2.91. The highest BCUT2D eigenvalue weighted by Crippen LogP contribution is 2.15. The van der Waals surface area contributed by atoms with Crippen LogP contribution in [-0.4, -0.2) is 31.6 Å². The van der Waals surface area contributed by atoms with E-state index in [0.29, 0.717) is 19.1 Å². The molecule has 0 spiro atoms. The number of hydrogen-bond acceptors (Lipinski definition) is 3. The molecular weight excluding hydrogens is 238 g/mol.